The smallest absolute Gasteiger partial charge is 0.180 e. The van der Waals surface area contributed by atoms with E-state index in [1.165, 1.54) is 0 Å². The van der Waals surface area contributed by atoms with Gasteiger partial charge in [-0.3, -0.25) is 4.98 Å². The Balaban J connectivity index is 2.18. The van der Waals surface area contributed by atoms with Crippen LogP contribution in [0.15, 0.2) is 24.5 Å². The predicted molar refractivity (Wildman–Crippen MR) is 78.1 cm³/mol. The minimum absolute atomic E-state index is 0.358. The average Bonchev–Trinajstić information content (AvgIpc) is 2.37. The molecule has 5 heteroatoms. The van der Waals surface area contributed by atoms with Gasteiger partial charge in [0.1, 0.15) is 11.3 Å². The van der Waals surface area contributed by atoms with Crippen molar-refractivity contribution in [1.82, 2.24) is 19.9 Å². The first-order chi connectivity index (χ1) is 9.06. The zero-order chi connectivity index (χ0) is 13.8. The van der Waals surface area contributed by atoms with E-state index in [0.29, 0.717) is 17.6 Å². The Labute approximate surface area is 114 Å². The van der Waals surface area contributed by atoms with Crippen molar-refractivity contribution < 1.29 is 0 Å². The van der Waals surface area contributed by atoms with E-state index in [1.807, 2.05) is 12.1 Å². The number of likely N-dealkylation sites (N-methyl/N-ethyl adjacent to an activating group) is 1. The molecule has 0 bridgehead atoms. The number of hydrogen-bond acceptors (Lipinski definition) is 5. The summed E-state index contributed by atoms with van der Waals surface area (Å²) in [5.41, 5.74) is 1.50. The Hall–Kier alpha value is -1.75. The molecule has 1 N–H and O–H groups in total. The van der Waals surface area contributed by atoms with Crippen LogP contribution in [0.4, 0.5) is 5.82 Å². The Kier molecular flexibility index (Phi) is 4.27. The van der Waals surface area contributed by atoms with Gasteiger partial charge in [-0.2, -0.15) is 0 Å². The Morgan fingerprint density at radius 2 is 1.89 bits per heavy atom. The van der Waals surface area contributed by atoms with E-state index < -0.39 is 0 Å². The van der Waals surface area contributed by atoms with E-state index in [1.54, 1.807) is 12.4 Å². The number of pyridine rings is 1. The maximum absolute atomic E-state index is 4.50. The van der Waals surface area contributed by atoms with Gasteiger partial charge in [-0.25, -0.2) is 9.97 Å². The van der Waals surface area contributed by atoms with Crippen LogP contribution in [-0.4, -0.2) is 46.5 Å². The van der Waals surface area contributed by atoms with Gasteiger partial charge in [0.15, 0.2) is 5.65 Å². The van der Waals surface area contributed by atoms with Crippen LogP contribution in [0.5, 0.6) is 0 Å². The number of nitrogens with one attached hydrogen (secondary N) is 1. The van der Waals surface area contributed by atoms with Crippen LogP contribution < -0.4 is 5.32 Å². The molecule has 2 aromatic heterocycles. The highest BCUT2D eigenvalue weighted by molar-refractivity contribution is 5.71. The zero-order valence-electron chi connectivity index (χ0n) is 12.0. The molecular formula is C14H21N5. The molecule has 2 heterocycles. The Bertz CT molecular complexity index is 538. The van der Waals surface area contributed by atoms with Gasteiger partial charge < -0.3 is 10.2 Å². The average molecular weight is 259 g/mol. The highest BCUT2D eigenvalue weighted by atomic mass is 15.1. The molecule has 102 valence electrons. The van der Waals surface area contributed by atoms with Gasteiger partial charge in [0.05, 0.1) is 0 Å². The highest BCUT2D eigenvalue weighted by Gasteiger charge is 2.14. The van der Waals surface area contributed by atoms with E-state index in [9.17, 15) is 0 Å². The fourth-order valence-corrected chi connectivity index (χ4v) is 1.94. The summed E-state index contributed by atoms with van der Waals surface area (Å²) in [6.07, 6.45) is 3.35. The van der Waals surface area contributed by atoms with Crippen molar-refractivity contribution in [2.45, 2.75) is 19.9 Å². The van der Waals surface area contributed by atoms with Crippen molar-refractivity contribution in [3.05, 3.63) is 24.5 Å². The van der Waals surface area contributed by atoms with Gasteiger partial charge in [-0.05, 0) is 32.1 Å². The lowest BCUT2D eigenvalue weighted by molar-refractivity contribution is 0.344. The molecule has 19 heavy (non-hydrogen) atoms. The van der Waals surface area contributed by atoms with E-state index in [4.69, 9.17) is 0 Å². The van der Waals surface area contributed by atoms with Crippen molar-refractivity contribution in [3.63, 3.8) is 0 Å². The first-order valence-corrected chi connectivity index (χ1v) is 6.55. The minimum Gasteiger partial charge on any atom is -0.366 e. The van der Waals surface area contributed by atoms with Crippen LogP contribution in [0, 0.1) is 5.92 Å². The van der Waals surface area contributed by atoms with Gasteiger partial charge in [-0.15, -0.1) is 0 Å². The van der Waals surface area contributed by atoms with Gasteiger partial charge >= 0.3 is 0 Å². The zero-order valence-corrected chi connectivity index (χ0v) is 12.0. The third-order valence-electron chi connectivity index (χ3n) is 3.03. The number of rotatable bonds is 5. The van der Waals surface area contributed by atoms with Crippen LogP contribution in [0.3, 0.4) is 0 Å². The van der Waals surface area contributed by atoms with Gasteiger partial charge in [0, 0.05) is 25.0 Å². The second-order valence-corrected chi connectivity index (χ2v) is 5.35. The highest BCUT2D eigenvalue weighted by Crippen LogP contribution is 2.14. The number of fused-ring (bicyclic) bond motifs is 1. The molecule has 0 saturated carbocycles. The standard InChI is InChI=1S/C14H21N5/c1-10(2)12(9-19(3)4)17-13-6-5-11-14(18-13)16-8-7-15-11/h5-8,10,12H,9H2,1-4H3,(H,16,17,18). The molecule has 0 aliphatic rings. The van der Waals surface area contributed by atoms with Crippen molar-refractivity contribution in [1.29, 1.82) is 0 Å². The number of aromatic nitrogens is 3. The normalized spacial score (nSPS) is 13.2. The van der Waals surface area contributed by atoms with Crippen LogP contribution in [0.1, 0.15) is 13.8 Å². The van der Waals surface area contributed by atoms with Crippen LogP contribution in [0.2, 0.25) is 0 Å². The monoisotopic (exact) mass is 259 g/mol. The van der Waals surface area contributed by atoms with Crippen LogP contribution in [0.25, 0.3) is 11.2 Å². The van der Waals surface area contributed by atoms with Crippen molar-refractivity contribution >= 4 is 17.0 Å². The lowest BCUT2D eigenvalue weighted by Crippen LogP contribution is -2.36. The van der Waals surface area contributed by atoms with Crippen molar-refractivity contribution in [2.24, 2.45) is 5.92 Å². The maximum Gasteiger partial charge on any atom is 0.180 e. The van der Waals surface area contributed by atoms with E-state index in [2.05, 4.69) is 53.1 Å². The van der Waals surface area contributed by atoms with Crippen molar-refractivity contribution in [3.8, 4) is 0 Å². The third-order valence-corrected chi connectivity index (χ3v) is 3.03. The summed E-state index contributed by atoms with van der Waals surface area (Å²) in [6.45, 7) is 5.39. The molecular weight excluding hydrogens is 238 g/mol. The fraction of sp³-hybridized carbons (Fsp3) is 0.500. The third kappa shape index (κ3) is 3.61. The Morgan fingerprint density at radius 3 is 2.58 bits per heavy atom. The number of nitrogens with zero attached hydrogens (tertiary/aromatic N) is 4. The van der Waals surface area contributed by atoms with Gasteiger partial charge in [-0.1, -0.05) is 13.8 Å². The molecule has 0 aliphatic heterocycles. The quantitative estimate of drug-likeness (QED) is 0.890. The SMILES string of the molecule is CC(C)C(CN(C)C)Nc1ccc2nccnc2n1. The summed E-state index contributed by atoms with van der Waals surface area (Å²) in [4.78, 5) is 15.1. The topological polar surface area (TPSA) is 53.9 Å². The largest absolute Gasteiger partial charge is 0.366 e. The molecule has 0 aromatic carbocycles. The first kappa shape index (κ1) is 13.7. The van der Waals surface area contributed by atoms with E-state index >= 15 is 0 Å². The molecule has 2 rings (SSSR count). The molecule has 1 atom stereocenters. The molecule has 2 aromatic rings. The lowest BCUT2D eigenvalue weighted by Gasteiger charge is -2.26. The van der Waals surface area contributed by atoms with E-state index in [0.717, 1.165) is 17.9 Å². The van der Waals surface area contributed by atoms with Crippen LogP contribution >= 0.6 is 0 Å². The molecule has 0 saturated heterocycles. The molecule has 0 amide bonds. The lowest BCUT2D eigenvalue weighted by atomic mass is 10.0. The molecule has 0 radical (unpaired) electrons. The van der Waals surface area contributed by atoms with Gasteiger partial charge in [0.25, 0.3) is 0 Å². The summed E-state index contributed by atoms with van der Waals surface area (Å²) in [5.74, 6) is 1.38. The van der Waals surface area contributed by atoms with Crippen LogP contribution in [-0.2, 0) is 0 Å². The summed E-state index contributed by atoms with van der Waals surface area (Å²) in [7, 11) is 4.16. The number of hydrogen-bond donors (Lipinski definition) is 1. The summed E-state index contributed by atoms with van der Waals surface area (Å²) in [6, 6.07) is 4.27. The van der Waals surface area contributed by atoms with Crippen molar-refractivity contribution in [2.75, 3.05) is 26.0 Å². The second-order valence-electron chi connectivity index (χ2n) is 5.35. The summed E-state index contributed by atoms with van der Waals surface area (Å²) in [5, 5.41) is 3.48. The predicted octanol–water partition coefficient (Wildman–Crippen LogP) is 2.02. The summed E-state index contributed by atoms with van der Waals surface area (Å²) < 4.78 is 0. The summed E-state index contributed by atoms with van der Waals surface area (Å²) >= 11 is 0. The maximum atomic E-state index is 4.50. The second kappa shape index (κ2) is 5.93. The molecule has 5 nitrogen and oxygen atoms in total. The minimum atomic E-state index is 0.358. The fourth-order valence-electron chi connectivity index (χ4n) is 1.94. The molecule has 0 aliphatic carbocycles. The Morgan fingerprint density at radius 1 is 1.16 bits per heavy atom. The molecule has 1 unspecified atom stereocenters. The molecule has 0 fully saturated rings. The van der Waals surface area contributed by atoms with E-state index in [-0.39, 0.29) is 0 Å². The first-order valence-electron chi connectivity index (χ1n) is 6.55. The number of anilines is 1. The van der Waals surface area contributed by atoms with Gasteiger partial charge in [0.2, 0.25) is 0 Å². The molecule has 0 spiro atoms.